The van der Waals surface area contributed by atoms with Crippen LogP contribution in [0, 0.1) is 11.3 Å². The van der Waals surface area contributed by atoms with E-state index < -0.39 is 5.60 Å². The van der Waals surface area contributed by atoms with Gasteiger partial charge in [0.1, 0.15) is 5.60 Å². The number of hydrogen-bond acceptors (Lipinski definition) is 4. The second-order valence-corrected chi connectivity index (χ2v) is 8.96. The normalized spacial score (nSPS) is 34.8. The number of benzene rings is 1. The van der Waals surface area contributed by atoms with Crippen LogP contribution in [-0.2, 0) is 16.1 Å². The van der Waals surface area contributed by atoms with Crippen LogP contribution in [0.5, 0.6) is 0 Å². The fraction of sp³-hybridized carbons (Fsp3) is 0.667. The van der Waals surface area contributed by atoms with Crippen molar-refractivity contribution in [1.82, 2.24) is 10.2 Å². The SMILES string of the molecule is CC(C)(C)OC(=O)C1CNC2CCC3N(Cc4ccccc4)CCC213. The zero-order valence-electron chi connectivity index (χ0n) is 15.6. The third kappa shape index (κ3) is 2.89. The fourth-order valence-electron chi connectivity index (χ4n) is 5.53. The van der Waals surface area contributed by atoms with Crippen LogP contribution in [0.3, 0.4) is 0 Å². The molecular weight excluding hydrogens is 312 g/mol. The summed E-state index contributed by atoms with van der Waals surface area (Å²) in [4.78, 5) is 15.5. The summed E-state index contributed by atoms with van der Waals surface area (Å²) in [5.41, 5.74) is 1.02. The molecule has 1 saturated carbocycles. The molecule has 3 aliphatic rings. The highest BCUT2D eigenvalue weighted by Crippen LogP contribution is 2.56. The van der Waals surface area contributed by atoms with Gasteiger partial charge < -0.3 is 10.1 Å². The number of nitrogens with zero attached hydrogens (tertiary/aromatic N) is 1. The molecule has 0 aromatic heterocycles. The van der Waals surface area contributed by atoms with Crippen molar-refractivity contribution < 1.29 is 9.53 Å². The largest absolute Gasteiger partial charge is 0.460 e. The Balaban J connectivity index is 1.56. The van der Waals surface area contributed by atoms with Crippen molar-refractivity contribution in [2.24, 2.45) is 11.3 Å². The highest BCUT2D eigenvalue weighted by molar-refractivity contribution is 5.75. The zero-order chi connectivity index (χ0) is 17.7. The van der Waals surface area contributed by atoms with Gasteiger partial charge >= 0.3 is 5.97 Å². The summed E-state index contributed by atoms with van der Waals surface area (Å²) in [6, 6.07) is 11.7. The van der Waals surface area contributed by atoms with Crippen molar-refractivity contribution in [3.8, 4) is 0 Å². The lowest BCUT2D eigenvalue weighted by molar-refractivity contribution is -0.163. The van der Waals surface area contributed by atoms with Crippen molar-refractivity contribution in [3.05, 3.63) is 35.9 Å². The molecule has 4 nitrogen and oxygen atoms in total. The summed E-state index contributed by atoms with van der Waals surface area (Å²) < 4.78 is 5.79. The minimum atomic E-state index is -0.414. The van der Waals surface area contributed by atoms with Gasteiger partial charge in [-0.05, 0) is 52.1 Å². The van der Waals surface area contributed by atoms with Gasteiger partial charge in [0.25, 0.3) is 0 Å². The van der Waals surface area contributed by atoms with E-state index >= 15 is 0 Å². The molecule has 4 unspecified atom stereocenters. The lowest BCUT2D eigenvalue weighted by atomic mass is 9.71. The topological polar surface area (TPSA) is 41.6 Å². The fourth-order valence-corrected chi connectivity index (χ4v) is 5.53. The van der Waals surface area contributed by atoms with Gasteiger partial charge in [0.05, 0.1) is 5.92 Å². The first-order chi connectivity index (χ1) is 11.9. The Morgan fingerprint density at radius 2 is 2.04 bits per heavy atom. The van der Waals surface area contributed by atoms with Gasteiger partial charge in [0.15, 0.2) is 0 Å². The standard InChI is InChI=1S/C21H30N2O2/c1-20(2,3)25-19(24)16-13-22-17-9-10-18-21(16,17)11-12-23(18)14-15-7-5-4-6-8-15/h4-8,16-18,22H,9-14H2,1-3H3. The number of hydrogen-bond donors (Lipinski definition) is 1. The molecule has 1 aromatic carbocycles. The minimum absolute atomic E-state index is 0.00374. The van der Waals surface area contributed by atoms with E-state index in [2.05, 4.69) is 40.5 Å². The first-order valence-electron chi connectivity index (χ1n) is 9.64. The lowest BCUT2D eigenvalue weighted by Gasteiger charge is -2.37. The van der Waals surface area contributed by atoms with Crippen molar-refractivity contribution in [3.63, 3.8) is 0 Å². The van der Waals surface area contributed by atoms with Crippen LogP contribution in [-0.4, -0.2) is 41.6 Å². The van der Waals surface area contributed by atoms with Gasteiger partial charge in [-0.3, -0.25) is 9.69 Å². The Kier molecular flexibility index (Phi) is 4.16. The van der Waals surface area contributed by atoms with Crippen molar-refractivity contribution in [2.45, 2.75) is 64.3 Å². The maximum absolute atomic E-state index is 12.9. The van der Waals surface area contributed by atoms with E-state index in [9.17, 15) is 4.79 Å². The number of ether oxygens (including phenoxy) is 1. The minimum Gasteiger partial charge on any atom is -0.460 e. The number of rotatable bonds is 3. The van der Waals surface area contributed by atoms with Gasteiger partial charge in [-0.15, -0.1) is 0 Å². The number of carbonyl (C=O) groups excluding carboxylic acids is 1. The van der Waals surface area contributed by atoms with Gasteiger partial charge in [0, 0.05) is 30.6 Å². The Bertz CT molecular complexity index is 639. The third-order valence-corrected chi connectivity index (χ3v) is 6.41. The van der Waals surface area contributed by atoms with Crippen LogP contribution in [0.1, 0.15) is 45.6 Å². The molecule has 25 heavy (non-hydrogen) atoms. The highest BCUT2D eigenvalue weighted by Gasteiger charge is 2.64. The smallest absolute Gasteiger partial charge is 0.311 e. The molecule has 0 bridgehead atoms. The summed E-state index contributed by atoms with van der Waals surface area (Å²) >= 11 is 0. The predicted molar refractivity (Wildman–Crippen MR) is 98.0 cm³/mol. The second-order valence-electron chi connectivity index (χ2n) is 8.96. The van der Waals surface area contributed by atoms with Crippen LogP contribution >= 0.6 is 0 Å². The number of nitrogens with one attached hydrogen (secondary N) is 1. The van der Waals surface area contributed by atoms with E-state index in [4.69, 9.17) is 4.74 Å². The van der Waals surface area contributed by atoms with E-state index in [1.807, 2.05) is 20.8 Å². The Hall–Kier alpha value is -1.39. The molecule has 4 heteroatoms. The summed E-state index contributed by atoms with van der Waals surface area (Å²) in [5, 5.41) is 3.65. The van der Waals surface area contributed by atoms with Crippen molar-refractivity contribution in [1.29, 1.82) is 0 Å². The van der Waals surface area contributed by atoms with E-state index in [0.29, 0.717) is 12.1 Å². The molecule has 1 N–H and O–H groups in total. The average Bonchev–Trinajstić information content (AvgIpc) is 3.17. The van der Waals surface area contributed by atoms with Crippen LogP contribution in [0.25, 0.3) is 0 Å². The van der Waals surface area contributed by atoms with Crippen LogP contribution in [0.4, 0.5) is 0 Å². The monoisotopic (exact) mass is 342 g/mol. The average molecular weight is 342 g/mol. The number of esters is 1. The summed E-state index contributed by atoms with van der Waals surface area (Å²) in [6.07, 6.45) is 3.46. The Morgan fingerprint density at radius 1 is 1.28 bits per heavy atom. The number of carbonyl (C=O) groups is 1. The zero-order valence-corrected chi connectivity index (χ0v) is 15.6. The lowest BCUT2D eigenvalue weighted by Crippen LogP contribution is -2.46. The van der Waals surface area contributed by atoms with Crippen LogP contribution < -0.4 is 5.32 Å². The Labute approximate surface area is 150 Å². The van der Waals surface area contributed by atoms with E-state index in [0.717, 1.165) is 26.1 Å². The van der Waals surface area contributed by atoms with Gasteiger partial charge in [-0.2, -0.15) is 0 Å². The molecule has 4 atom stereocenters. The molecule has 136 valence electrons. The quantitative estimate of drug-likeness (QED) is 0.858. The first kappa shape index (κ1) is 17.0. The van der Waals surface area contributed by atoms with E-state index in [1.165, 1.54) is 18.4 Å². The first-order valence-corrected chi connectivity index (χ1v) is 9.64. The van der Waals surface area contributed by atoms with Gasteiger partial charge in [-0.25, -0.2) is 0 Å². The predicted octanol–water partition coefficient (Wildman–Crippen LogP) is 2.97. The van der Waals surface area contributed by atoms with E-state index in [1.54, 1.807) is 0 Å². The molecule has 1 spiro atoms. The molecule has 0 amide bonds. The van der Waals surface area contributed by atoms with Gasteiger partial charge in [-0.1, -0.05) is 30.3 Å². The van der Waals surface area contributed by atoms with Crippen molar-refractivity contribution >= 4 is 5.97 Å². The van der Waals surface area contributed by atoms with Crippen molar-refractivity contribution in [2.75, 3.05) is 13.1 Å². The molecule has 2 heterocycles. The van der Waals surface area contributed by atoms with Gasteiger partial charge in [0.2, 0.25) is 0 Å². The molecule has 1 aromatic rings. The maximum atomic E-state index is 12.9. The summed E-state index contributed by atoms with van der Waals surface area (Å²) in [7, 11) is 0. The summed E-state index contributed by atoms with van der Waals surface area (Å²) in [5.74, 6) is -0.0130. The number of likely N-dealkylation sites (tertiary alicyclic amines) is 1. The van der Waals surface area contributed by atoms with Crippen LogP contribution in [0.2, 0.25) is 0 Å². The molecule has 3 fully saturated rings. The third-order valence-electron chi connectivity index (χ3n) is 6.41. The molecule has 0 radical (unpaired) electrons. The summed E-state index contributed by atoms with van der Waals surface area (Å²) in [6.45, 7) is 8.73. The molecular formula is C21H30N2O2. The maximum Gasteiger partial charge on any atom is 0.311 e. The molecule has 2 saturated heterocycles. The molecule has 1 aliphatic carbocycles. The second kappa shape index (κ2) is 6.10. The van der Waals surface area contributed by atoms with Crippen LogP contribution in [0.15, 0.2) is 30.3 Å². The molecule has 4 rings (SSSR count). The Morgan fingerprint density at radius 3 is 2.76 bits per heavy atom. The van der Waals surface area contributed by atoms with E-state index in [-0.39, 0.29) is 17.3 Å². The highest BCUT2D eigenvalue weighted by atomic mass is 16.6. The molecule has 2 aliphatic heterocycles.